The molecule has 0 radical (unpaired) electrons. The fraction of sp³-hybridized carbons (Fsp3) is 0.351. The molecule has 0 N–H and O–H groups in total. The van der Waals surface area contributed by atoms with Gasteiger partial charge in [-0.25, -0.2) is 0 Å². The molecule has 0 amide bonds. The van der Waals surface area contributed by atoms with E-state index in [2.05, 4.69) is 208 Å². The predicted octanol–water partition coefficient (Wildman–Crippen LogP) is 18.4. The molecule has 0 bridgehead atoms. The van der Waals surface area contributed by atoms with Crippen LogP contribution in [-0.4, -0.2) is 85.1 Å². The molecule has 470 valence electrons. The van der Waals surface area contributed by atoms with E-state index in [-0.39, 0.29) is 0 Å². The van der Waals surface area contributed by atoms with Gasteiger partial charge in [-0.3, -0.25) is 29.9 Å². The zero-order chi connectivity index (χ0) is 67.8. The Labute approximate surface area is 550 Å². The van der Waals surface area contributed by atoms with Gasteiger partial charge in [0, 0.05) is 113 Å². The fourth-order valence-corrected chi connectivity index (χ4v) is 15.4. The van der Waals surface area contributed by atoms with Gasteiger partial charge in [0.25, 0.3) is 16.6 Å². The second-order valence-electron chi connectivity index (χ2n) is 20.5. The average molecular weight is 1300 g/mol. The lowest BCUT2D eigenvalue weighted by Gasteiger charge is -2.25. The van der Waals surface area contributed by atoms with E-state index in [1.807, 2.05) is 168 Å². The van der Waals surface area contributed by atoms with Crippen LogP contribution in [0, 0.1) is 68.8 Å². The minimum atomic E-state index is -2.10. The van der Waals surface area contributed by atoms with Crippen molar-refractivity contribution in [1.29, 1.82) is 0 Å². The molecule has 0 spiro atoms. The number of rotatable bonds is 4. The molecule has 0 atom stereocenters. The summed E-state index contributed by atoms with van der Waals surface area (Å²) < 4.78 is 6.36. The molecule has 7 nitrogen and oxygen atoms in total. The van der Waals surface area contributed by atoms with Gasteiger partial charge >= 0.3 is 0 Å². The highest BCUT2D eigenvalue weighted by molar-refractivity contribution is 6.96. The Morgan fingerprint density at radius 2 is 0.625 bits per heavy atom. The Morgan fingerprint density at radius 3 is 0.886 bits per heavy atom. The van der Waals surface area contributed by atoms with Gasteiger partial charge in [0.05, 0.1) is 0 Å². The Bertz CT molecular complexity index is 3130. The van der Waals surface area contributed by atoms with Crippen LogP contribution in [0.3, 0.4) is 0 Å². The lowest BCUT2D eigenvalue weighted by molar-refractivity contribution is 0.576. The molecule has 0 unspecified atom stereocenters. The lowest BCUT2D eigenvalue weighted by Crippen LogP contribution is -2.43. The first kappa shape index (κ1) is 87.5. The first-order valence-electron chi connectivity index (χ1n) is 30.9. The third-order valence-corrected chi connectivity index (χ3v) is 22.6. The van der Waals surface area contributed by atoms with Crippen LogP contribution >= 0.6 is 11.6 Å². The molecule has 7 aromatic rings. The molecule has 88 heavy (non-hydrogen) atoms. The van der Waals surface area contributed by atoms with Gasteiger partial charge in [-0.15, -0.1) is 33.8 Å². The summed E-state index contributed by atoms with van der Waals surface area (Å²) >= 11 is 5.80. The highest BCUT2D eigenvalue weighted by atomic mass is 35.5. The van der Waals surface area contributed by atoms with Crippen LogP contribution in [0.25, 0.3) is 0 Å². The van der Waals surface area contributed by atoms with E-state index in [1.54, 1.807) is 68.2 Å². The predicted molar refractivity (Wildman–Crippen MR) is 405 cm³/mol. The van der Waals surface area contributed by atoms with Crippen molar-refractivity contribution in [3.63, 3.8) is 0 Å². The lowest BCUT2D eigenvalue weighted by atomic mass is 10.3. The molecule has 7 rings (SSSR count). The maximum atomic E-state index is 6.36. The number of benzene rings is 1. The van der Waals surface area contributed by atoms with E-state index in [0.29, 0.717) is 5.50 Å². The van der Waals surface area contributed by atoms with Crippen molar-refractivity contribution in [2.24, 2.45) is 0 Å². The zero-order valence-electron chi connectivity index (χ0n) is 58.5. The van der Waals surface area contributed by atoms with Crippen LogP contribution in [0.15, 0.2) is 177 Å². The molecule has 0 aliphatic carbocycles. The molecule has 6 heterocycles. The van der Waals surface area contributed by atoms with E-state index < -0.39 is 49.7 Å². The van der Waals surface area contributed by atoms with Gasteiger partial charge in [0.15, 0.2) is 8.07 Å². The molecule has 0 aliphatic rings. The van der Waals surface area contributed by atoms with Crippen molar-refractivity contribution < 1.29 is 4.12 Å². The van der Waals surface area contributed by atoms with E-state index in [0.717, 1.165) is 33.4 Å². The third kappa shape index (κ3) is 49.1. The van der Waals surface area contributed by atoms with Crippen molar-refractivity contribution >= 4 is 66.4 Å². The van der Waals surface area contributed by atoms with Crippen LogP contribution in [0.5, 0.6) is 0 Å². The molecule has 14 heteroatoms. The fourth-order valence-electron chi connectivity index (χ4n) is 5.67. The number of nitrogens with zero attached hydrogens (tertiary/aromatic N) is 6. The van der Waals surface area contributed by atoms with Gasteiger partial charge in [-0.05, 0) is 104 Å². The van der Waals surface area contributed by atoms with Crippen molar-refractivity contribution in [2.45, 2.75) is 168 Å². The van der Waals surface area contributed by atoms with Gasteiger partial charge < -0.3 is 4.12 Å². The number of hydrogen-bond donors (Lipinski definition) is 0. The van der Waals surface area contributed by atoms with E-state index in [4.69, 9.17) is 15.7 Å². The molecule has 0 saturated carbocycles. The maximum absolute atomic E-state index is 6.36. The number of pyridine rings is 6. The monoisotopic (exact) mass is 1300 g/mol. The highest BCUT2D eigenvalue weighted by Crippen LogP contribution is 2.14. The van der Waals surface area contributed by atoms with E-state index in [1.165, 1.54) is 5.19 Å². The van der Waals surface area contributed by atoms with Gasteiger partial charge in [-0.2, -0.15) is 0 Å². The van der Waals surface area contributed by atoms with Crippen LogP contribution in [0.1, 0.15) is 116 Å². The van der Waals surface area contributed by atoms with Crippen LogP contribution in [0.2, 0.25) is 85.1 Å². The SMILES string of the molecule is CC.CC.CC.CC.CC.CC.C[SiH](C)C#Cc1cccnc1.C[Si](C)(C#Cc1cccnc1)CCl.C[Si](C)(C#Cc1cccnc1)O[Si](C)(C)C#Cc1cccnc1.C[Si](C)(C#Cc1cccnc1)c1ccccc1.C[Si](C)(C)C#Cc1cccnc1. The Kier molecular flexibility index (Phi) is 53.9. The highest BCUT2D eigenvalue weighted by Gasteiger charge is 2.31. The molecular formula is C74H107ClN6OSi6. The van der Waals surface area contributed by atoms with Crippen LogP contribution < -0.4 is 5.19 Å². The molecule has 0 saturated heterocycles. The molecule has 0 fully saturated rings. The second-order valence-corrected chi connectivity index (χ2v) is 44.4. The summed E-state index contributed by atoms with van der Waals surface area (Å²) in [4.78, 5) is 24.2. The summed E-state index contributed by atoms with van der Waals surface area (Å²) in [5.41, 5.74) is 26.3. The summed E-state index contributed by atoms with van der Waals surface area (Å²) in [7, 11) is -9.30. The summed E-state index contributed by atoms with van der Waals surface area (Å²) in [6.07, 6.45) is 21.2. The maximum Gasteiger partial charge on any atom is 0.256 e. The zero-order valence-corrected chi connectivity index (χ0v) is 65.4. The number of halogens is 1. The molecule has 6 aromatic heterocycles. The summed E-state index contributed by atoms with van der Waals surface area (Å²) in [5.74, 6) is 18.9. The second kappa shape index (κ2) is 54.2. The van der Waals surface area contributed by atoms with E-state index >= 15 is 0 Å². The Balaban J connectivity index is -0.000000490. The smallest absolute Gasteiger partial charge is 0.256 e. The number of aromatic nitrogens is 6. The Hall–Kier alpha value is -6.97. The van der Waals surface area contributed by atoms with Crippen LogP contribution in [-0.2, 0) is 4.12 Å². The standard InChI is InChI=1S/C18H20N2OSi2.C15H15NSi.C10H12ClNSi.C10H13NSi.C9H11NSi.6C2H6/c1-22(2,13-9-17-7-5-11-19-15-17)21-23(3,4)14-10-18-8-6-12-20-16-18;1-17(2,15-8-4-3-5-9-15)12-10-14-7-6-11-16-13-14;1-13(2,9-11)7-5-10-4-3-6-12-8-10;1-12(2,3)8-6-10-5-4-7-11-9-10;1-11(2)7-5-9-4-3-6-10-8-9;6*1-2/h5-8,11-12,15-16H,1-4H3;3-9,11,13H,1-2H3;3-4,6,8H,9H2,1-2H3;4-5,7,9H,1-3H3;3-4,6,8,11H,1-2H3;6*1-2H3. The molecule has 1 aromatic carbocycles. The number of alkyl halides is 1. The quantitative estimate of drug-likeness (QED) is 0.0986. The van der Waals surface area contributed by atoms with Crippen molar-refractivity contribution in [2.75, 3.05) is 5.50 Å². The molecular weight excluding hydrogens is 1190 g/mol. The Morgan fingerprint density at radius 1 is 0.352 bits per heavy atom. The van der Waals surface area contributed by atoms with E-state index in [9.17, 15) is 0 Å². The van der Waals surface area contributed by atoms with Gasteiger partial charge in [0.2, 0.25) is 0 Å². The normalized spacial score (nSPS) is 9.35. The van der Waals surface area contributed by atoms with Crippen LogP contribution in [0.4, 0.5) is 0 Å². The minimum Gasteiger partial charge on any atom is -0.438 e. The minimum absolute atomic E-state index is 0.681. The van der Waals surface area contributed by atoms with Crippen molar-refractivity contribution in [3.05, 3.63) is 211 Å². The molecule has 0 aliphatic heterocycles. The van der Waals surface area contributed by atoms with Crippen molar-refractivity contribution in [1.82, 2.24) is 29.9 Å². The summed E-state index contributed by atoms with van der Waals surface area (Å²) in [5, 5.41) is 1.37. The first-order chi connectivity index (χ1) is 42.1. The first-order valence-corrected chi connectivity index (χ1v) is 49.9. The summed E-state index contributed by atoms with van der Waals surface area (Å²) in [6.45, 7) is 52.4. The average Bonchev–Trinajstić information content (AvgIpc) is 3.71. The van der Waals surface area contributed by atoms with Gasteiger partial charge in [0.1, 0.15) is 24.9 Å². The summed E-state index contributed by atoms with van der Waals surface area (Å²) in [6, 6.07) is 33.8. The van der Waals surface area contributed by atoms with Crippen molar-refractivity contribution in [3.8, 4) is 68.8 Å². The largest absolute Gasteiger partial charge is 0.438 e. The van der Waals surface area contributed by atoms with Gasteiger partial charge in [-0.1, -0.05) is 219 Å². The topological polar surface area (TPSA) is 86.6 Å². The third-order valence-electron chi connectivity index (χ3n) is 9.48. The number of hydrogen-bond acceptors (Lipinski definition) is 7.